The standard InChI is InChI=1S/C12H10N4S2/c1-6(2)11-9-10(12(17-3)18-11)16-8(5-14)7(4-13)15-9/h6H,1-3H3. The van der Waals surface area contributed by atoms with Crippen LogP contribution in [0, 0.1) is 22.7 Å². The molecule has 0 aliphatic rings. The largest absolute Gasteiger partial charge is 0.231 e. The van der Waals surface area contributed by atoms with Gasteiger partial charge in [0.05, 0.1) is 4.21 Å². The van der Waals surface area contributed by atoms with Crippen LogP contribution >= 0.6 is 23.1 Å². The number of hydrogen-bond acceptors (Lipinski definition) is 6. The van der Waals surface area contributed by atoms with Gasteiger partial charge >= 0.3 is 0 Å². The van der Waals surface area contributed by atoms with E-state index in [1.54, 1.807) is 23.1 Å². The van der Waals surface area contributed by atoms with Gasteiger partial charge in [0.2, 0.25) is 0 Å². The first-order valence-electron chi connectivity index (χ1n) is 5.31. The van der Waals surface area contributed by atoms with Crippen molar-refractivity contribution in [1.82, 2.24) is 9.97 Å². The summed E-state index contributed by atoms with van der Waals surface area (Å²) in [5, 5.41) is 18.0. The van der Waals surface area contributed by atoms with Crippen LogP contribution in [0.15, 0.2) is 4.21 Å². The van der Waals surface area contributed by atoms with Crippen LogP contribution in [0.25, 0.3) is 11.0 Å². The lowest BCUT2D eigenvalue weighted by atomic mass is 10.1. The number of thiophene rings is 1. The molecule has 0 aliphatic heterocycles. The van der Waals surface area contributed by atoms with E-state index in [1.807, 2.05) is 18.4 Å². The van der Waals surface area contributed by atoms with Crippen LogP contribution in [0.3, 0.4) is 0 Å². The van der Waals surface area contributed by atoms with Crippen molar-refractivity contribution in [3.8, 4) is 12.1 Å². The summed E-state index contributed by atoms with van der Waals surface area (Å²) in [6.07, 6.45) is 1.97. The number of nitriles is 2. The normalized spacial score (nSPS) is 10.6. The molecule has 0 atom stereocenters. The van der Waals surface area contributed by atoms with Gasteiger partial charge in [-0.05, 0) is 12.2 Å². The minimum atomic E-state index is 0.105. The minimum absolute atomic E-state index is 0.105. The molecule has 6 heteroatoms. The summed E-state index contributed by atoms with van der Waals surface area (Å²) < 4.78 is 1.04. The quantitative estimate of drug-likeness (QED) is 0.786. The van der Waals surface area contributed by atoms with Crippen molar-refractivity contribution in [2.75, 3.05) is 6.26 Å². The second-order valence-corrected chi connectivity index (χ2v) is 6.08. The first-order chi connectivity index (χ1) is 8.62. The maximum atomic E-state index is 9.00. The molecule has 2 aromatic rings. The molecule has 0 unspecified atom stereocenters. The van der Waals surface area contributed by atoms with Crippen molar-refractivity contribution in [3.05, 3.63) is 16.3 Å². The van der Waals surface area contributed by atoms with Crippen LogP contribution in [0.2, 0.25) is 0 Å². The van der Waals surface area contributed by atoms with Gasteiger partial charge < -0.3 is 0 Å². The maximum Gasteiger partial charge on any atom is 0.177 e. The smallest absolute Gasteiger partial charge is 0.177 e. The predicted octanol–water partition coefficient (Wildman–Crippen LogP) is 3.28. The average Bonchev–Trinajstić information content (AvgIpc) is 2.74. The summed E-state index contributed by atoms with van der Waals surface area (Å²) in [6.45, 7) is 4.17. The van der Waals surface area contributed by atoms with Crippen LogP contribution in [0.5, 0.6) is 0 Å². The van der Waals surface area contributed by atoms with E-state index >= 15 is 0 Å². The second-order valence-electron chi connectivity index (χ2n) is 3.95. The summed E-state index contributed by atoms with van der Waals surface area (Å²) in [6, 6.07) is 3.86. The number of fused-ring (bicyclic) bond motifs is 1. The molecular weight excluding hydrogens is 264 g/mol. The van der Waals surface area contributed by atoms with Gasteiger partial charge in [0, 0.05) is 4.88 Å². The number of thioether (sulfide) groups is 1. The minimum Gasteiger partial charge on any atom is -0.231 e. The maximum absolute atomic E-state index is 9.00. The SMILES string of the molecule is CSc1sc(C(C)C)c2nc(C#N)c(C#N)nc12. The summed E-state index contributed by atoms with van der Waals surface area (Å²) in [4.78, 5) is 9.70. The lowest BCUT2D eigenvalue weighted by Crippen LogP contribution is -1.96. The molecule has 2 heterocycles. The first kappa shape index (κ1) is 12.8. The Morgan fingerprint density at radius 2 is 1.67 bits per heavy atom. The van der Waals surface area contributed by atoms with Crippen molar-refractivity contribution < 1.29 is 0 Å². The molecule has 0 amide bonds. The Hall–Kier alpha value is -1.63. The van der Waals surface area contributed by atoms with Crippen molar-refractivity contribution in [2.45, 2.75) is 24.0 Å². The molecule has 0 bridgehead atoms. The molecule has 0 spiro atoms. The summed E-state index contributed by atoms with van der Waals surface area (Å²) in [5.41, 5.74) is 1.72. The van der Waals surface area contributed by atoms with Gasteiger partial charge in [0.1, 0.15) is 23.2 Å². The molecule has 2 rings (SSSR count). The molecule has 0 N–H and O–H groups in total. The van der Waals surface area contributed by atoms with Gasteiger partial charge in [0.25, 0.3) is 0 Å². The highest BCUT2D eigenvalue weighted by Gasteiger charge is 2.19. The summed E-state index contributed by atoms with van der Waals surface area (Å²) in [5.74, 6) is 0.326. The number of nitrogens with zero attached hydrogens (tertiary/aromatic N) is 4. The fourth-order valence-electron chi connectivity index (χ4n) is 1.63. The molecule has 2 aromatic heterocycles. The van der Waals surface area contributed by atoms with E-state index in [0.29, 0.717) is 5.92 Å². The average molecular weight is 274 g/mol. The summed E-state index contributed by atoms with van der Waals surface area (Å²) >= 11 is 3.23. The number of rotatable bonds is 2. The van der Waals surface area contributed by atoms with Gasteiger partial charge in [-0.2, -0.15) is 10.5 Å². The highest BCUT2D eigenvalue weighted by Crippen LogP contribution is 2.39. The zero-order chi connectivity index (χ0) is 13.3. The van der Waals surface area contributed by atoms with Crippen molar-refractivity contribution in [1.29, 1.82) is 10.5 Å². The van der Waals surface area contributed by atoms with Crippen molar-refractivity contribution in [2.24, 2.45) is 0 Å². The van der Waals surface area contributed by atoms with Crippen LogP contribution in [0.1, 0.15) is 36.0 Å². The predicted molar refractivity (Wildman–Crippen MR) is 72.7 cm³/mol. The fourth-order valence-corrected chi connectivity index (χ4v) is 3.48. The Morgan fingerprint density at radius 3 is 2.11 bits per heavy atom. The lowest BCUT2D eigenvalue weighted by Gasteiger charge is -2.01. The van der Waals surface area contributed by atoms with Crippen molar-refractivity contribution in [3.63, 3.8) is 0 Å². The molecule has 0 saturated heterocycles. The highest BCUT2D eigenvalue weighted by molar-refractivity contribution is 8.00. The van der Waals surface area contributed by atoms with E-state index < -0.39 is 0 Å². The molecule has 0 fully saturated rings. The Labute approximate surface area is 113 Å². The van der Waals surface area contributed by atoms with E-state index in [2.05, 4.69) is 23.8 Å². The third-order valence-electron chi connectivity index (χ3n) is 2.45. The fraction of sp³-hybridized carbons (Fsp3) is 0.333. The van der Waals surface area contributed by atoms with Crippen LogP contribution < -0.4 is 0 Å². The van der Waals surface area contributed by atoms with E-state index in [4.69, 9.17) is 10.5 Å². The molecule has 4 nitrogen and oxygen atoms in total. The topological polar surface area (TPSA) is 73.4 Å². The van der Waals surface area contributed by atoms with Gasteiger partial charge in [0.15, 0.2) is 11.4 Å². The van der Waals surface area contributed by atoms with E-state index in [9.17, 15) is 0 Å². The van der Waals surface area contributed by atoms with Crippen LogP contribution in [-0.4, -0.2) is 16.2 Å². The lowest BCUT2D eigenvalue weighted by molar-refractivity contribution is 0.893. The Morgan fingerprint density at radius 1 is 1.11 bits per heavy atom. The van der Waals surface area contributed by atoms with E-state index in [1.165, 1.54) is 0 Å². The van der Waals surface area contributed by atoms with Crippen LogP contribution in [0.4, 0.5) is 0 Å². The van der Waals surface area contributed by atoms with Gasteiger partial charge in [-0.3, -0.25) is 0 Å². The molecule has 0 radical (unpaired) electrons. The first-order valence-corrected chi connectivity index (χ1v) is 7.35. The molecule has 0 aromatic carbocycles. The van der Waals surface area contributed by atoms with Crippen molar-refractivity contribution >= 4 is 34.1 Å². The zero-order valence-corrected chi connectivity index (χ0v) is 11.8. The van der Waals surface area contributed by atoms with Crippen LogP contribution in [-0.2, 0) is 0 Å². The molecule has 0 saturated carbocycles. The Bertz CT molecular complexity index is 689. The Kier molecular flexibility index (Phi) is 3.51. The third kappa shape index (κ3) is 1.94. The van der Waals surface area contributed by atoms with Gasteiger partial charge in [-0.1, -0.05) is 13.8 Å². The van der Waals surface area contributed by atoms with Gasteiger partial charge in [-0.25, -0.2) is 9.97 Å². The summed E-state index contributed by atoms with van der Waals surface area (Å²) in [7, 11) is 0. The monoisotopic (exact) mass is 274 g/mol. The highest BCUT2D eigenvalue weighted by atomic mass is 32.2. The van der Waals surface area contributed by atoms with E-state index in [-0.39, 0.29) is 11.4 Å². The third-order valence-corrected chi connectivity index (χ3v) is 5.02. The van der Waals surface area contributed by atoms with Gasteiger partial charge in [-0.15, -0.1) is 23.1 Å². The molecular formula is C12H10N4S2. The number of hydrogen-bond donors (Lipinski definition) is 0. The molecule has 18 heavy (non-hydrogen) atoms. The molecule has 0 aliphatic carbocycles. The zero-order valence-electron chi connectivity index (χ0n) is 10.2. The molecule has 90 valence electrons. The number of aromatic nitrogens is 2. The Balaban J connectivity index is 2.87. The second kappa shape index (κ2) is 4.93. The van der Waals surface area contributed by atoms with E-state index in [0.717, 1.165) is 20.1 Å².